The van der Waals surface area contributed by atoms with E-state index < -0.39 is 10.0 Å². The first kappa shape index (κ1) is 23.7. The van der Waals surface area contributed by atoms with Crippen LogP contribution in [0.5, 0.6) is 5.75 Å². The maximum atomic E-state index is 12.5. The minimum atomic E-state index is -3.58. The second kappa shape index (κ2) is 9.70. The number of sulfonamides is 1. The Hall–Kier alpha value is -2.91. The van der Waals surface area contributed by atoms with Gasteiger partial charge in [-0.05, 0) is 67.3 Å². The van der Waals surface area contributed by atoms with Crippen LogP contribution in [0.3, 0.4) is 0 Å². The van der Waals surface area contributed by atoms with Crippen LogP contribution in [0.4, 0.5) is 11.4 Å². The fourth-order valence-corrected chi connectivity index (χ4v) is 4.69. The number of nitrogens with zero attached hydrogens (tertiary/aromatic N) is 2. The summed E-state index contributed by atoms with van der Waals surface area (Å²) in [5, 5.41) is 2.87. The van der Waals surface area contributed by atoms with E-state index >= 15 is 0 Å². The van der Waals surface area contributed by atoms with Crippen LogP contribution in [0.15, 0.2) is 41.3 Å². The molecule has 0 bridgehead atoms. The van der Waals surface area contributed by atoms with Gasteiger partial charge in [-0.25, -0.2) is 12.7 Å². The van der Waals surface area contributed by atoms with E-state index in [2.05, 4.69) is 5.32 Å². The number of carbonyl (C=O) groups excluding carboxylic acids is 2. The lowest BCUT2D eigenvalue weighted by molar-refractivity contribution is -0.117. The molecule has 1 heterocycles. The van der Waals surface area contributed by atoms with Gasteiger partial charge in [0.1, 0.15) is 5.75 Å². The number of carbonyl (C=O) groups is 2. The zero-order valence-corrected chi connectivity index (χ0v) is 19.7. The summed E-state index contributed by atoms with van der Waals surface area (Å²) in [6.45, 7) is 2.63. The maximum Gasteiger partial charge on any atom is 0.242 e. The summed E-state index contributed by atoms with van der Waals surface area (Å²) in [7, 11) is 0.870. The third-order valence-electron chi connectivity index (χ3n) is 5.50. The lowest BCUT2D eigenvalue weighted by atomic mass is 10.1. The highest BCUT2D eigenvalue weighted by atomic mass is 32.2. The lowest BCUT2D eigenvalue weighted by Crippen LogP contribution is -2.24. The molecule has 1 aliphatic rings. The molecule has 2 amide bonds. The van der Waals surface area contributed by atoms with Gasteiger partial charge in [0.15, 0.2) is 0 Å². The van der Waals surface area contributed by atoms with Crippen LogP contribution in [0, 0.1) is 6.92 Å². The highest BCUT2D eigenvalue weighted by Gasteiger charge is 2.23. The Labute approximate surface area is 189 Å². The number of methoxy groups -OCH3 is 1. The lowest BCUT2D eigenvalue weighted by Gasteiger charge is -2.19. The van der Waals surface area contributed by atoms with Crippen molar-refractivity contribution in [1.82, 2.24) is 4.31 Å². The Bertz CT molecular complexity index is 1130. The van der Waals surface area contributed by atoms with Gasteiger partial charge in [0.25, 0.3) is 0 Å². The zero-order chi connectivity index (χ0) is 23.5. The van der Waals surface area contributed by atoms with Gasteiger partial charge >= 0.3 is 0 Å². The molecular weight excluding hydrogens is 430 g/mol. The number of hydrogen-bond donors (Lipinski definition) is 1. The minimum absolute atomic E-state index is 0.123. The number of hydrogen-bond acceptors (Lipinski definition) is 5. The molecule has 0 atom stereocenters. The zero-order valence-electron chi connectivity index (χ0n) is 18.8. The van der Waals surface area contributed by atoms with Crippen molar-refractivity contribution in [3.8, 4) is 5.75 Å². The average Bonchev–Trinajstić information content (AvgIpc) is 3.17. The van der Waals surface area contributed by atoms with Crippen LogP contribution in [0.2, 0.25) is 0 Å². The van der Waals surface area contributed by atoms with Crippen molar-refractivity contribution in [3.05, 3.63) is 47.5 Å². The van der Waals surface area contributed by atoms with Crippen molar-refractivity contribution in [3.63, 3.8) is 0 Å². The third kappa shape index (κ3) is 5.11. The van der Waals surface area contributed by atoms with Gasteiger partial charge in [0, 0.05) is 44.9 Å². The third-order valence-corrected chi connectivity index (χ3v) is 7.31. The molecule has 0 spiro atoms. The number of amides is 2. The Morgan fingerprint density at radius 2 is 1.94 bits per heavy atom. The van der Waals surface area contributed by atoms with Crippen molar-refractivity contribution >= 4 is 33.2 Å². The second-order valence-electron chi connectivity index (χ2n) is 7.96. The van der Waals surface area contributed by atoms with E-state index in [1.54, 1.807) is 23.1 Å². The summed E-state index contributed by atoms with van der Waals surface area (Å²) in [6, 6.07) is 10.1. The topological polar surface area (TPSA) is 96.0 Å². The minimum Gasteiger partial charge on any atom is -0.496 e. The number of nitrogens with one attached hydrogen (secondary N) is 1. The van der Waals surface area contributed by atoms with Gasteiger partial charge in [0.05, 0.1) is 12.0 Å². The molecule has 32 heavy (non-hydrogen) atoms. The average molecular weight is 460 g/mol. The van der Waals surface area contributed by atoms with Gasteiger partial charge in [-0.1, -0.05) is 0 Å². The normalized spacial score (nSPS) is 14.2. The Balaban J connectivity index is 1.68. The molecular formula is C23H29N3O5S. The molecule has 0 unspecified atom stereocenters. The molecule has 0 radical (unpaired) electrons. The van der Waals surface area contributed by atoms with Crippen LogP contribution in [-0.4, -0.2) is 52.3 Å². The highest BCUT2D eigenvalue weighted by molar-refractivity contribution is 7.89. The molecule has 2 aromatic carbocycles. The van der Waals surface area contributed by atoms with Crippen LogP contribution >= 0.6 is 0 Å². The molecule has 1 fully saturated rings. The van der Waals surface area contributed by atoms with Crippen LogP contribution < -0.4 is 15.0 Å². The van der Waals surface area contributed by atoms with Crippen molar-refractivity contribution in [1.29, 1.82) is 0 Å². The van der Waals surface area contributed by atoms with Crippen molar-refractivity contribution in [2.24, 2.45) is 0 Å². The van der Waals surface area contributed by atoms with Crippen LogP contribution in [0.25, 0.3) is 0 Å². The summed E-state index contributed by atoms with van der Waals surface area (Å²) < 4.78 is 31.3. The summed E-state index contributed by atoms with van der Waals surface area (Å²) in [4.78, 5) is 26.5. The highest BCUT2D eigenvalue weighted by Crippen LogP contribution is 2.28. The molecule has 1 aliphatic heterocycles. The van der Waals surface area contributed by atoms with E-state index in [1.165, 1.54) is 27.3 Å². The number of anilines is 2. The van der Waals surface area contributed by atoms with E-state index in [0.717, 1.165) is 28.5 Å². The fraction of sp³-hybridized carbons (Fsp3) is 0.391. The van der Waals surface area contributed by atoms with Gasteiger partial charge in [-0.2, -0.15) is 0 Å². The largest absolute Gasteiger partial charge is 0.496 e. The van der Waals surface area contributed by atoms with Gasteiger partial charge in [-0.3, -0.25) is 9.59 Å². The standard InChI is InChI=1S/C23H29N3O5S/c1-16-14-18(8-10-20(16)26-13-5-6-23(26)28)24-22(27)12-7-17-15-19(9-11-21(17)31-4)32(29,30)25(2)3/h8-11,14-15H,5-7,12-13H2,1-4H3,(H,24,27). The first-order chi connectivity index (χ1) is 15.1. The first-order valence-corrected chi connectivity index (χ1v) is 11.9. The van der Waals surface area contributed by atoms with E-state index in [9.17, 15) is 18.0 Å². The maximum absolute atomic E-state index is 12.5. The number of aryl methyl sites for hydroxylation is 2. The number of rotatable bonds is 8. The Kier molecular flexibility index (Phi) is 7.20. The quantitative estimate of drug-likeness (QED) is 0.655. The molecule has 1 N–H and O–H groups in total. The van der Waals surface area contributed by atoms with E-state index in [4.69, 9.17) is 4.74 Å². The second-order valence-corrected chi connectivity index (χ2v) is 10.1. The monoisotopic (exact) mass is 459 g/mol. The summed E-state index contributed by atoms with van der Waals surface area (Å²) in [5.74, 6) is 0.459. The van der Waals surface area contributed by atoms with Gasteiger partial charge in [0.2, 0.25) is 21.8 Å². The van der Waals surface area contributed by atoms with Crippen molar-refractivity contribution in [2.45, 2.75) is 37.5 Å². The van der Waals surface area contributed by atoms with Crippen LogP contribution in [-0.2, 0) is 26.0 Å². The molecule has 9 heteroatoms. The number of benzene rings is 2. The molecule has 3 rings (SSSR count). The fourth-order valence-electron chi connectivity index (χ4n) is 3.73. The van der Waals surface area contributed by atoms with E-state index in [1.807, 2.05) is 19.1 Å². The summed E-state index contributed by atoms with van der Waals surface area (Å²) in [6.07, 6.45) is 1.91. The summed E-state index contributed by atoms with van der Waals surface area (Å²) in [5.41, 5.74) is 3.08. The molecule has 8 nitrogen and oxygen atoms in total. The smallest absolute Gasteiger partial charge is 0.242 e. The van der Waals surface area contributed by atoms with E-state index in [0.29, 0.717) is 29.8 Å². The molecule has 0 saturated carbocycles. The molecule has 0 aromatic heterocycles. The van der Waals surface area contributed by atoms with E-state index in [-0.39, 0.29) is 23.1 Å². The van der Waals surface area contributed by atoms with Gasteiger partial charge in [-0.15, -0.1) is 0 Å². The van der Waals surface area contributed by atoms with Crippen LogP contribution in [0.1, 0.15) is 30.4 Å². The molecule has 1 saturated heterocycles. The molecule has 172 valence electrons. The Morgan fingerprint density at radius 3 is 2.53 bits per heavy atom. The van der Waals surface area contributed by atoms with Crippen molar-refractivity contribution < 1.29 is 22.7 Å². The number of ether oxygens (including phenoxy) is 1. The predicted octanol–water partition coefficient (Wildman–Crippen LogP) is 2.95. The van der Waals surface area contributed by atoms with Crippen molar-refractivity contribution in [2.75, 3.05) is 38.0 Å². The molecule has 2 aromatic rings. The van der Waals surface area contributed by atoms with Gasteiger partial charge < -0.3 is 15.0 Å². The predicted molar refractivity (Wildman–Crippen MR) is 124 cm³/mol. The SMILES string of the molecule is COc1ccc(S(=O)(=O)N(C)C)cc1CCC(=O)Nc1ccc(N2CCCC2=O)c(C)c1. The Morgan fingerprint density at radius 1 is 1.19 bits per heavy atom. The molecule has 0 aliphatic carbocycles. The summed E-state index contributed by atoms with van der Waals surface area (Å²) >= 11 is 0. The first-order valence-electron chi connectivity index (χ1n) is 10.4.